The van der Waals surface area contributed by atoms with Crippen LogP contribution in [-0.2, 0) is 23.0 Å². The molecule has 0 unspecified atom stereocenters. The number of hydrogen-bond donors (Lipinski definition) is 1. The molecule has 1 aliphatic heterocycles. The number of nitrogens with one attached hydrogen (secondary N) is 1. The number of halogens is 1. The van der Waals surface area contributed by atoms with Crippen molar-refractivity contribution in [1.29, 1.82) is 0 Å². The van der Waals surface area contributed by atoms with Crippen LogP contribution in [0.3, 0.4) is 0 Å². The van der Waals surface area contributed by atoms with E-state index >= 15 is 0 Å². The zero-order valence-corrected chi connectivity index (χ0v) is 11.2. The summed E-state index contributed by atoms with van der Waals surface area (Å²) in [5.41, 5.74) is 1.99. The zero-order valence-electron chi connectivity index (χ0n) is 8.79. The Morgan fingerprint density at radius 1 is 1.50 bits per heavy atom. The number of ether oxygens (including phenoxy) is 1. The van der Waals surface area contributed by atoms with Crippen molar-refractivity contribution in [2.45, 2.75) is 13.0 Å². The molecule has 16 heavy (non-hydrogen) atoms. The van der Waals surface area contributed by atoms with Gasteiger partial charge in [0.25, 0.3) is 0 Å². The highest BCUT2D eigenvalue weighted by atomic mass is 79.9. The van der Waals surface area contributed by atoms with Crippen LogP contribution in [-0.4, -0.2) is 21.3 Å². The lowest BCUT2D eigenvalue weighted by Crippen LogP contribution is -2.21. The van der Waals surface area contributed by atoms with Gasteiger partial charge in [0.1, 0.15) is 5.75 Å². The molecule has 1 aromatic carbocycles. The van der Waals surface area contributed by atoms with E-state index in [1.165, 1.54) is 0 Å². The van der Waals surface area contributed by atoms with Gasteiger partial charge in [-0.05, 0) is 17.7 Å². The van der Waals surface area contributed by atoms with E-state index in [-0.39, 0.29) is 6.54 Å². The number of benzene rings is 1. The highest BCUT2D eigenvalue weighted by Crippen LogP contribution is 2.32. The highest BCUT2D eigenvalue weighted by Gasteiger charge is 2.17. The molecule has 0 aromatic heterocycles. The predicted octanol–water partition coefficient (Wildman–Crippen LogP) is 1.43. The Morgan fingerprint density at radius 2 is 2.25 bits per heavy atom. The van der Waals surface area contributed by atoms with Gasteiger partial charge in [0, 0.05) is 23.0 Å². The number of fused-ring (bicyclic) bond motifs is 1. The number of rotatable bonds is 3. The van der Waals surface area contributed by atoms with Gasteiger partial charge in [-0.1, -0.05) is 15.9 Å². The van der Waals surface area contributed by atoms with Crippen LogP contribution in [0, 0.1) is 0 Å². The van der Waals surface area contributed by atoms with Crippen molar-refractivity contribution in [3.63, 3.8) is 0 Å². The van der Waals surface area contributed by atoms with E-state index in [0.29, 0.717) is 6.61 Å². The molecule has 2 rings (SSSR count). The van der Waals surface area contributed by atoms with Gasteiger partial charge >= 0.3 is 0 Å². The Balaban J connectivity index is 2.27. The predicted molar refractivity (Wildman–Crippen MR) is 65.0 cm³/mol. The Kier molecular flexibility index (Phi) is 3.23. The van der Waals surface area contributed by atoms with E-state index in [1.54, 1.807) is 0 Å². The van der Waals surface area contributed by atoms with E-state index in [9.17, 15) is 8.42 Å². The molecule has 0 aliphatic carbocycles. The van der Waals surface area contributed by atoms with Crippen LogP contribution >= 0.6 is 15.9 Å². The average Bonchev–Trinajstić information content (AvgIpc) is 2.60. The fraction of sp³-hybridized carbons (Fsp3) is 0.400. The summed E-state index contributed by atoms with van der Waals surface area (Å²) >= 11 is 3.40. The van der Waals surface area contributed by atoms with E-state index in [2.05, 4.69) is 20.7 Å². The third-order valence-corrected chi connectivity index (χ3v) is 3.48. The van der Waals surface area contributed by atoms with Crippen LogP contribution < -0.4 is 9.46 Å². The van der Waals surface area contributed by atoms with Crippen molar-refractivity contribution in [3.05, 3.63) is 27.7 Å². The smallest absolute Gasteiger partial charge is 0.209 e. The van der Waals surface area contributed by atoms with Crippen molar-refractivity contribution < 1.29 is 13.2 Å². The lowest BCUT2D eigenvalue weighted by molar-refractivity contribution is 0.353. The fourth-order valence-corrected chi connectivity index (χ4v) is 2.66. The third-order valence-electron chi connectivity index (χ3n) is 2.35. The Labute approximate surface area is 103 Å². The molecule has 1 N–H and O–H groups in total. The first kappa shape index (κ1) is 11.9. The second-order valence-corrected chi connectivity index (χ2v) is 6.49. The topological polar surface area (TPSA) is 55.4 Å². The van der Waals surface area contributed by atoms with Crippen LogP contribution in [0.2, 0.25) is 0 Å². The number of sulfonamides is 1. The average molecular weight is 306 g/mol. The molecule has 4 nitrogen and oxygen atoms in total. The Morgan fingerprint density at radius 3 is 2.94 bits per heavy atom. The molecule has 0 saturated carbocycles. The lowest BCUT2D eigenvalue weighted by atomic mass is 10.1. The van der Waals surface area contributed by atoms with Crippen molar-refractivity contribution in [1.82, 2.24) is 4.72 Å². The van der Waals surface area contributed by atoms with Gasteiger partial charge in [0.2, 0.25) is 10.0 Å². The molecule has 0 bridgehead atoms. The third kappa shape index (κ3) is 2.75. The van der Waals surface area contributed by atoms with Gasteiger partial charge in [-0.2, -0.15) is 0 Å². The second kappa shape index (κ2) is 4.35. The molecule has 0 amide bonds. The SMILES string of the molecule is CS(=O)(=O)NCc1cc(Br)cc2c1OCC2. The Bertz CT molecular complexity index is 513. The number of hydrogen-bond acceptors (Lipinski definition) is 3. The van der Waals surface area contributed by atoms with Crippen LogP contribution in [0.15, 0.2) is 16.6 Å². The maximum atomic E-state index is 11.0. The summed E-state index contributed by atoms with van der Waals surface area (Å²) in [4.78, 5) is 0. The van der Waals surface area contributed by atoms with Crippen molar-refractivity contribution in [2.24, 2.45) is 0 Å². The van der Waals surface area contributed by atoms with Crippen molar-refractivity contribution in [2.75, 3.05) is 12.9 Å². The van der Waals surface area contributed by atoms with Crippen LogP contribution in [0.5, 0.6) is 5.75 Å². The molecule has 1 aromatic rings. The van der Waals surface area contributed by atoms with Gasteiger partial charge in [0.05, 0.1) is 12.9 Å². The molecule has 0 spiro atoms. The van der Waals surface area contributed by atoms with E-state index in [4.69, 9.17) is 4.74 Å². The summed E-state index contributed by atoms with van der Waals surface area (Å²) in [6.07, 6.45) is 2.02. The molecule has 88 valence electrons. The molecule has 1 aliphatic rings. The largest absolute Gasteiger partial charge is 0.493 e. The zero-order chi connectivity index (χ0) is 11.8. The van der Waals surface area contributed by atoms with E-state index < -0.39 is 10.0 Å². The molecule has 0 fully saturated rings. The Hall–Kier alpha value is -0.590. The van der Waals surface area contributed by atoms with Crippen molar-refractivity contribution >= 4 is 26.0 Å². The molecule has 0 radical (unpaired) electrons. The first-order chi connectivity index (χ1) is 7.46. The quantitative estimate of drug-likeness (QED) is 0.919. The molecule has 6 heteroatoms. The molecular weight excluding hydrogens is 294 g/mol. The molecule has 0 saturated heterocycles. The lowest BCUT2D eigenvalue weighted by Gasteiger charge is -2.09. The van der Waals surface area contributed by atoms with Gasteiger partial charge in [-0.25, -0.2) is 13.1 Å². The summed E-state index contributed by atoms with van der Waals surface area (Å²) < 4.78 is 31.0. The standard InChI is InChI=1S/C10H12BrNO3S/c1-16(13,14)12-6-8-5-9(11)4-7-2-3-15-10(7)8/h4-5,12H,2-3,6H2,1H3. The maximum Gasteiger partial charge on any atom is 0.209 e. The van der Waals surface area contributed by atoms with Crippen LogP contribution in [0.25, 0.3) is 0 Å². The summed E-state index contributed by atoms with van der Waals surface area (Å²) in [5.74, 6) is 0.819. The fourth-order valence-electron chi connectivity index (χ4n) is 1.69. The molecule has 0 atom stereocenters. The van der Waals surface area contributed by atoms with E-state index in [1.807, 2.05) is 12.1 Å². The summed E-state index contributed by atoms with van der Waals surface area (Å²) in [6.45, 7) is 0.929. The maximum absolute atomic E-state index is 11.0. The highest BCUT2D eigenvalue weighted by molar-refractivity contribution is 9.10. The molecule has 1 heterocycles. The van der Waals surface area contributed by atoms with E-state index in [0.717, 1.165) is 34.0 Å². The summed E-state index contributed by atoms with van der Waals surface area (Å²) in [6, 6.07) is 3.88. The first-order valence-electron chi connectivity index (χ1n) is 4.84. The minimum Gasteiger partial charge on any atom is -0.493 e. The minimum absolute atomic E-state index is 0.264. The monoisotopic (exact) mass is 305 g/mol. The van der Waals surface area contributed by atoms with Crippen molar-refractivity contribution in [3.8, 4) is 5.75 Å². The second-order valence-electron chi connectivity index (χ2n) is 3.74. The molecular formula is C10H12BrNO3S. The first-order valence-corrected chi connectivity index (χ1v) is 7.53. The van der Waals surface area contributed by atoms with Gasteiger partial charge in [-0.15, -0.1) is 0 Å². The normalized spacial score (nSPS) is 14.6. The minimum atomic E-state index is -3.17. The summed E-state index contributed by atoms with van der Waals surface area (Å²) in [5, 5.41) is 0. The van der Waals surface area contributed by atoms with Gasteiger partial charge in [-0.3, -0.25) is 0 Å². The van der Waals surface area contributed by atoms with Crippen LogP contribution in [0.1, 0.15) is 11.1 Å². The van der Waals surface area contributed by atoms with Gasteiger partial charge < -0.3 is 4.74 Å². The van der Waals surface area contributed by atoms with Gasteiger partial charge in [0.15, 0.2) is 0 Å². The summed E-state index contributed by atoms with van der Waals surface area (Å²) in [7, 11) is -3.17. The van der Waals surface area contributed by atoms with Crippen LogP contribution in [0.4, 0.5) is 0 Å².